The number of nitrogens with zero attached hydrogens (tertiary/aromatic N) is 6. The zero-order valence-corrected chi connectivity index (χ0v) is 44.3. The van der Waals surface area contributed by atoms with Gasteiger partial charge in [0.2, 0.25) is 17.7 Å². The summed E-state index contributed by atoms with van der Waals surface area (Å²) < 4.78 is 12.4. The molecule has 4 heterocycles. The van der Waals surface area contributed by atoms with Crippen LogP contribution in [-0.4, -0.2) is 130 Å². The van der Waals surface area contributed by atoms with Gasteiger partial charge in [-0.1, -0.05) is 84.3 Å². The Labute approximate surface area is 431 Å². The minimum atomic E-state index is -0.952. The lowest BCUT2D eigenvalue weighted by atomic mass is 9.49. The second-order valence-corrected chi connectivity index (χ2v) is 23.4. The Hall–Kier alpha value is -5.64. The van der Waals surface area contributed by atoms with Crippen LogP contribution in [0.2, 0.25) is 5.02 Å². The first-order chi connectivity index (χ1) is 34.0. The summed E-state index contributed by atoms with van der Waals surface area (Å²) in [5.41, 5.74) is 4.13. The van der Waals surface area contributed by atoms with Gasteiger partial charge in [0.25, 0.3) is 5.91 Å². The maximum absolute atomic E-state index is 14.2. The van der Waals surface area contributed by atoms with Crippen molar-refractivity contribution in [3.63, 3.8) is 0 Å². The van der Waals surface area contributed by atoms with E-state index in [1.54, 1.807) is 35.7 Å². The molecule has 2 aliphatic carbocycles. The highest BCUT2D eigenvalue weighted by Gasteiger charge is 2.64. The molecule has 4 fully saturated rings. The molecular formula is C54H68ClN9O7S. The number of pyridine rings is 1. The molecule has 4 aliphatic rings. The fourth-order valence-electron chi connectivity index (χ4n) is 11.2. The maximum Gasteiger partial charge on any atom is 0.253 e. The van der Waals surface area contributed by atoms with Crippen molar-refractivity contribution in [2.45, 2.75) is 130 Å². The fraction of sp³-hybridized carbons (Fsp3) is 0.537. The molecule has 4 N–H and O–H groups in total. The Balaban J connectivity index is 0.759. The molecular weight excluding hydrogens is 954 g/mol. The summed E-state index contributed by atoms with van der Waals surface area (Å²) >= 11 is 7.84. The Morgan fingerprint density at radius 1 is 0.958 bits per heavy atom. The first kappa shape index (κ1) is 52.7. The number of carbonyl (C=O) groups is 4. The molecule has 2 saturated heterocycles. The Morgan fingerprint density at radius 3 is 2.25 bits per heavy atom. The number of aryl methyl sites for hydroxylation is 1. The topological polar surface area (TPSA) is 202 Å². The van der Waals surface area contributed by atoms with Crippen LogP contribution in [0.1, 0.15) is 108 Å². The third-order valence-corrected chi connectivity index (χ3v) is 16.5. The number of carbonyl (C=O) groups excluding carboxylic acids is 4. The lowest BCUT2D eigenvalue weighted by molar-refractivity contribution is -0.164. The monoisotopic (exact) mass is 1020 g/mol. The molecule has 16 nitrogen and oxygen atoms in total. The molecule has 8 rings (SSSR count). The summed E-state index contributed by atoms with van der Waals surface area (Å²) in [6.45, 7) is 20.8. The second kappa shape index (κ2) is 21.1. The van der Waals surface area contributed by atoms with E-state index < -0.39 is 46.2 Å². The van der Waals surface area contributed by atoms with E-state index in [4.69, 9.17) is 21.1 Å². The molecule has 4 aromatic rings. The molecule has 2 aromatic heterocycles. The van der Waals surface area contributed by atoms with Gasteiger partial charge in [0.05, 0.1) is 50.5 Å². The van der Waals surface area contributed by atoms with Crippen molar-refractivity contribution in [3.05, 3.63) is 93.7 Å². The van der Waals surface area contributed by atoms with Crippen molar-refractivity contribution in [2.75, 3.05) is 44.2 Å². The van der Waals surface area contributed by atoms with E-state index in [2.05, 4.69) is 69.5 Å². The normalized spacial score (nSPS) is 24.5. The Morgan fingerprint density at radius 2 is 1.65 bits per heavy atom. The fourth-order valence-corrected chi connectivity index (χ4v) is 12.2. The molecule has 72 heavy (non-hydrogen) atoms. The highest BCUT2D eigenvalue weighted by atomic mass is 35.5. The summed E-state index contributed by atoms with van der Waals surface area (Å²) in [4.78, 5) is 71.0. The number of aliphatic hydroxyl groups is 1. The van der Waals surface area contributed by atoms with Gasteiger partial charge in [-0.25, -0.2) is 9.97 Å². The molecule has 2 aliphatic heterocycles. The van der Waals surface area contributed by atoms with Crippen molar-refractivity contribution in [2.24, 2.45) is 16.2 Å². The summed E-state index contributed by atoms with van der Waals surface area (Å²) in [7, 11) is 0. The number of aliphatic hydroxyl groups excluding tert-OH is 1. The van der Waals surface area contributed by atoms with Crippen molar-refractivity contribution >= 4 is 52.4 Å². The van der Waals surface area contributed by atoms with E-state index in [0.717, 1.165) is 66.5 Å². The predicted molar refractivity (Wildman–Crippen MR) is 277 cm³/mol. The largest absolute Gasteiger partial charge is 0.489 e. The summed E-state index contributed by atoms with van der Waals surface area (Å²) in [6.07, 6.45) is 2.14. The van der Waals surface area contributed by atoms with Crippen LogP contribution in [0.15, 0.2) is 66.3 Å². The number of nitrogens with one attached hydrogen (secondary N) is 3. The van der Waals surface area contributed by atoms with E-state index in [9.17, 15) is 29.5 Å². The maximum atomic E-state index is 14.2. The number of benzene rings is 2. The van der Waals surface area contributed by atoms with E-state index in [-0.39, 0.29) is 55.7 Å². The summed E-state index contributed by atoms with van der Waals surface area (Å²) in [6, 6.07) is 16.8. The van der Waals surface area contributed by atoms with Crippen molar-refractivity contribution in [3.8, 4) is 22.3 Å². The van der Waals surface area contributed by atoms with Gasteiger partial charge >= 0.3 is 0 Å². The van der Waals surface area contributed by atoms with Gasteiger partial charge < -0.3 is 40.3 Å². The third-order valence-electron chi connectivity index (χ3n) is 15.2. The van der Waals surface area contributed by atoms with E-state index in [1.807, 2.05) is 76.5 Å². The number of thiazole rings is 1. The first-order valence-electron chi connectivity index (χ1n) is 24.9. The van der Waals surface area contributed by atoms with Crippen molar-refractivity contribution < 1.29 is 33.8 Å². The predicted octanol–water partition coefficient (Wildman–Crippen LogP) is 6.69. The van der Waals surface area contributed by atoms with E-state index in [1.165, 1.54) is 4.90 Å². The number of ether oxygens (including phenoxy) is 2. The number of aromatic nitrogens is 2. The molecule has 0 unspecified atom stereocenters. The molecule has 2 aromatic carbocycles. The van der Waals surface area contributed by atoms with Gasteiger partial charge in [0, 0.05) is 74.3 Å². The molecule has 0 radical (unpaired) electrons. The van der Waals surface area contributed by atoms with Gasteiger partial charge in [-0.3, -0.25) is 24.1 Å². The SMILES string of the molecule is Cc1ncsc1-c1ccc([C@H](C)NC(=O)[C@@H]2C[C@@H](O)CN2C(=O)[C@@H](NC(=O)CO[C@H]2C[C@@H](N3CCN(c4ccc(C(=O)N[C@H]5C(C)(C)[C@H](Oc6ccc(C#N)c(Cl)c6)C5(C)C)cn4)CC3)C2)C(C)(C)C)cc1. The number of halogens is 1. The summed E-state index contributed by atoms with van der Waals surface area (Å²) in [5.74, 6) is -0.00283. The van der Waals surface area contributed by atoms with Crippen LogP contribution in [0.5, 0.6) is 5.75 Å². The molecule has 4 amide bonds. The number of hydrogen-bond donors (Lipinski definition) is 4. The third kappa shape index (κ3) is 11.1. The van der Waals surface area contributed by atoms with Crippen molar-refractivity contribution in [1.29, 1.82) is 5.26 Å². The minimum Gasteiger partial charge on any atom is -0.489 e. The van der Waals surface area contributed by atoms with Gasteiger partial charge in [-0.05, 0) is 67.5 Å². The van der Waals surface area contributed by atoms with E-state index >= 15 is 0 Å². The lowest BCUT2D eigenvalue weighted by Gasteiger charge is -2.63. The molecule has 0 spiro atoms. The Bertz CT molecular complexity index is 2650. The van der Waals surface area contributed by atoms with Gasteiger partial charge in [0.15, 0.2) is 0 Å². The molecule has 4 atom stereocenters. The zero-order chi connectivity index (χ0) is 51.9. The molecule has 18 heteroatoms. The van der Waals surface area contributed by atoms with Crippen LogP contribution in [0.25, 0.3) is 10.4 Å². The summed E-state index contributed by atoms with van der Waals surface area (Å²) in [5, 5.41) is 29.5. The number of hydrogen-bond acceptors (Lipinski definition) is 13. The first-order valence-corrected chi connectivity index (χ1v) is 26.1. The van der Waals surface area contributed by atoms with Crippen LogP contribution in [-0.2, 0) is 19.1 Å². The molecule has 0 bridgehead atoms. The molecule has 2 saturated carbocycles. The van der Waals surface area contributed by atoms with Gasteiger partial charge in [-0.2, -0.15) is 5.26 Å². The lowest BCUT2D eigenvalue weighted by Crippen LogP contribution is -2.74. The number of β-amino-alcohol motifs (C(OH)–C–C–N with tert-alkyl or cyclic N) is 1. The van der Waals surface area contributed by atoms with E-state index in [0.29, 0.717) is 27.9 Å². The molecule has 384 valence electrons. The Kier molecular flexibility index (Phi) is 15.4. The number of amides is 4. The van der Waals surface area contributed by atoms with Gasteiger partial charge in [0.1, 0.15) is 42.4 Å². The van der Waals surface area contributed by atoms with Crippen LogP contribution < -0.4 is 25.6 Å². The minimum absolute atomic E-state index is 0.0103. The number of piperazine rings is 1. The van der Waals surface area contributed by atoms with Crippen LogP contribution in [0.4, 0.5) is 5.82 Å². The second-order valence-electron chi connectivity index (χ2n) is 22.2. The quantitative estimate of drug-likeness (QED) is 0.0985. The number of nitriles is 1. The van der Waals surface area contributed by atoms with Crippen LogP contribution in [0, 0.1) is 34.5 Å². The standard InChI is InChI=1S/C54H68ClN9O7S/c1-31(33-10-12-34(13-11-33)45-32(2)58-30-72-45)59-48(68)42-24-38(65)28-64(42)49(69)46(52(3,4)5)60-44(66)29-70-40-22-37(23-40)62-18-20-63(21-19-62)43-17-15-36(27-57-43)47(67)61-50-53(6,7)51(54(50,8)9)71-39-16-14-35(26-56)41(55)25-39/h10-17,25,27,30-31,37-38,40,42,46,50-51,65H,18-24,28-29H2,1-9H3,(H,59,68)(H,60,66)(H,61,67)/t31-,37-,38+,40+,42-,46+,50-,51-/m0/s1. The van der Waals surface area contributed by atoms with Gasteiger partial charge in [-0.15, -0.1) is 11.3 Å². The average Bonchev–Trinajstić information content (AvgIpc) is 3.95. The number of likely N-dealkylation sites (tertiary alicyclic amines) is 1. The van der Waals surface area contributed by atoms with Crippen LogP contribution in [0.3, 0.4) is 0 Å². The zero-order valence-electron chi connectivity index (χ0n) is 42.7. The van der Waals surface area contributed by atoms with Crippen molar-refractivity contribution in [1.82, 2.24) is 35.7 Å². The van der Waals surface area contributed by atoms with Crippen LogP contribution >= 0.6 is 22.9 Å². The number of rotatable bonds is 15. The number of anilines is 1. The average molecular weight is 1020 g/mol. The smallest absolute Gasteiger partial charge is 0.253 e. The highest BCUT2D eigenvalue weighted by Crippen LogP contribution is 2.55. The highest BCUT2D eigenvalue weighted by molar-refractivity contribution is 7.13.